The van der Waals surface area contributed by atoms with E-state index in [1.165, 1.54) is 4.31 Å². The molecule has 2 aromatic rings. The maximum atomic E-state index is 12.7. The van der Waals surface area contributed by atoms with Crippen LogP contribution in [0.2, 0.25) is 5.02 Å². The van der Waals surface area contributed by atoms with Crippen molar-refractivity contribution in [3.63, 3.8) is 0 Å². The van der Waals surface area contributed by atoms with E-state index in [1.807, 2.05) is 30.3 Å². The van der Waals surface area contributed by atoms with Crippen LogP contribution in [0.15, 0.2) is 54.6 Å². The number of sulfonamides is 1. The van der Waals surface area contributed by atoms with E-state index in [-0.39, 0.29) is 11.9 Å². The lowest BCUT2D eigenvalue weighted by Crippen LogP contribution is -2.42. The SMILES string of the molecule is O=S(=O)(Cc1ccccc1Cl)N1CCOC(c2ccccc2)C1. The molecule has 1 heterocycles. The van der Waals surface area contributed by atoms with Crippen LogP contribution in [0.4, 0.5) is 0 Å². The maximum absolute atomic E-state index is 12.7. The molecule has 0 aliphatic carbocycles. The maximum Gasteiger partial charge on any atom is 0.218 e. The Bertz CT molecular complexity index is 764. The third-order valence-corrected chi connectivity index (χ3v) is 6.05. The van der Waals surface area contributed by atoms with Crippen molar-refractivity contribution < 1.29 is 13.2 Å². The Labute approximate surface area is 141 Å². The Morgan fingerprint density at radius 3 is 2.52 bits per heavy atom. The lowest BCUT2D eigenvalue weighted by Gasteiger charge is -2.32. The molecule has 0 radical (unpaired) electrons. The van der Waals surface area contributed by atoms with Crippen LogP contribution >= 0.6 is 11.6 Å². The van der Waals surface area contributed by atoms with Gasteiger partial charge in [0, 0.05) is 18.1 Å². The van der Waals surface area contributed by atoms with Crippen molar-refractivity contribution in [3.8, 4) is 0 Å². The first-order valence-corrected chi connectivity index (χ1v) is 9.43. The van der Waals surface area contributed by atoms with Gasteiger partial charge in [-0.3, -0.25) is 0 Å². The van der Waals surface area contributed by atoms with Crippen molar-refractivity contribution in [2.45, 2.75) is 11.9 Å². The summed E-state index contributed by atoms with van der Waals surface area (Å²) in [5.74, 6) is -0.0891. The summed E-state index contributed by atoms with van der Waals surface area (Å²) in [6.07, 6.45) is -0.231. The second-order valence-electron chi connectivity index (χ2n) is 5.48. The minimum atomic E-state index is -3.43. The van der Waals surface area contributed by atoms with Crippen molar-refractivity contribution in [1.82, 2.24) is 4.31 Å². The molecule has 6 heteroatoms. The molecule has 0 bridgehead atoms. The molecule has 0 saturated carbocycles. The Hall–Kier alpha value is -1.40. The number of morpholine rings is 1. The van der Waals surface area contributed by atoms with Gasteiger partial charge in [-0.05, 0) is 17.2 Å². The summed E-state index contributed by atoms with van der Waals surface area (Å²) in [6.45, 7) is 1.09. The van der Waals surface area contributed by atoms with Gasteiger partial charge in [0.15, 0.2) is 0 Å². The highest BCUT2D eigenvalue weighted by Crippen LogP contribution is 2.26. The smallest absolute Gasteiger partial charge is 0.218 e. The molecule has 1 atom stereocenters. The van der Waals surface area contributed by atoms with E-state index in [0.29, 0.717) is 30.3 Å². The first-order chi connectivity index (χ1) is 11.1. The molecular formula is C17H18ClNO3S. The molecule has 0 aromatic heterocycles. The highest BCUT2D eigenvalue weighted by atomic mass is 35.5. The van der Waals surface area contributed by atoms with Crippen molar-refractivity contribution in [1.29, 1.82) is 0 Å². The highest BCUT2D eigenvalue weighted by Gasteiger charge is 2.30. The van der Waals surface area contributed by atoms with Gasteiger partial charge in [0.1, 0.15) is 0 Å². The fourth-order valence-corrected chi connectivity index (χ4v) is 4.48. The van der Waals surface area contributed by atoms with E-state index in [1.54, 1.807) is 24.3 Å². The van der Waals surface area contributed by atoms with Gasteiger partial charge in [0.25, 0.3) is 0 Å². The number of halogens is 1. The minimum absolute atomic E-state index is 0.0891. The van der Waals surface area contributed by atoms with Crippen molar-refractivity contribution in [3.05, 3.63) is 70.7 Å². The zero-order valence-electron chi connectivity index (χ0n) is 12.6. The quantitative estimate of drug-likeness (QED) is 0.849. The Morgan fingerprint density at radius 2 is 1.78 bits per heavy atom. The van der Waals surface area contributed by atoms with Crippen LogP contribution in [-0.4, -0.2) is 32.4 Å². The molecule has 1 unspecified atom stereocenters. The summed E-state index contributed by atoms with van der Waals surface area (Å²) in [6, 6.07) is 16.7. The standard InChI is InChI=1S/C17H18ClNO3S/c18-16-9-5-4-8-15(16)13-23(20,21)19-10-11-22-17(12-19)14-6-2-1-3-7-14/h1-9,17H,10-13H2. The number of hydrogen-bond donors (Lipinski definition) is 0. The van der Waals surface area contributed by atoms with Gasteiger partial charge in [0.05, 0.1) is 18.5 Å². The summed E-state index contributed by atoms with van der Waals surface area (Å²) < 4.78 is 32.6. The molecule has 0 amide bonds. The largest absolute Gasteiger partial charge is 0.371 e. The summed E-state index contributed by atoms with van der Waals surface area (Å²) in [4.78, 5) is 0. The molecule has 1 aliphatic heterocycles. The molecule has 1 aliphatic rings. The van der Waals surface area contributed by atoms with E-state index in [0.717, 1.165) is 5.56 Å². The predicted molar refractivity (Wildman–Crippen MR) is 90.8 cm³/mol. The minimum Gasteiger partial charge on any atom is -0.371 e. The fourth-order valence-electron chi connectivity index (χ4n) is 2.65. The molecule has 3 rings (SSSR count). The van der Waals surface area contributed by atoms with E-state index in [2.05, 4.69) is 0 Å². The molecule has 23 heavy (non-hydrogen) atoms. The zero-order valence-corrected chi connectivity index (χ0v) is 14.1. The van der Waals surface area contributed by atoms with Gasteiger partial charge in [-0.25, -0.2) is 8.42 Å². The summed E-state index contributed by atoms with van der Waals surface area (Å²) in [5.41, 5.74) is 1.61. The van der Waals surface area contributed by atoms with Crippen LogP contribution in [0, 0.1) is 0 Å². The second kappa shape index (κ2) is 7.01. The first kappa shape index (κ1) is 16.5. The zero-order chi connectivity index (χ0) is 16.3. The molecule has 122 valence electrons. The lowest BCUT2D eigenvalue weighted by molar-refractivity contribution is -0.00260. The third kappa shape index (κ3) is 3.93. The number of rotatable bonds is 4. The van der Waals surface area contributed by atoms with Crippen LogP contribution < -0.4 is 0 Å². The van der Waals surface area contributed by atoms with Gasteiger partial charge >= 0.3 is 0 Å². The number of ether oxygens (including phenoxy) is 1. The van der Waals surface area contributed by atoms with Crippen molar-refractivity contribution >= 4 is 21.6 Å². The molecule has 2 aromatic carbocycles. The van der Waals surface area contributed by atoms with Crippen LogP contribution in [-0.2, 0) is 20.5 Å². The summed E-state index contributed by atoms with van der Waals surface area (Å²) in [7, 11) is -3.43. The first-order valence-electron chi connectivity index (χ1n) is 7.44. The van der Waals surface area contributed by atoms with E-state index in [4.69, 9.17) is 16.3 Å². The number of nitrogens with zero attached hydrogens (tertiary/aromatic N) is 1. The molecule has 1 saturated heterocycles. The monoisotopic (exact) mass is 351 g/mol. The lowest BCUT2D eigenvalue weighted by atomic mass is 10.1. The molecule has 1 fully saturated rings. The average molecular weight is 352 g/mol. The van der Waals surface area contributed by atoms with Crippen LogP contribution in [0.1, 0.15) is 17.2 Å². The fraction of sp³-hybridized carbons (Fsp3) is 0.294. The topological polar surface area (TPSA) is 46.6 Å². The molecule has 0 spiro atoms. The van der Waals surface area contributed by atoms with E-state index >= 15 is 0 Å². The Kier molecular flexibility index (Phi) is 5.02. The second-order valence-corrected chi connectivity index (χ2v) is 7.85. The summed E-state index contributed by atoms with van der Waals surface area (Å²) in [5, 5.41) is 0.476. The predicted octanol–water partition coefficient (Wildman–Crippen LogP) is 3.24. The molecule has 0 N–H and O–H groups in total. The average Bonchev–Trinajstić information content (AvgIpc) is 2.58. The third-order valence-electron chi connectivity index (χ3n) is 3.89. The molecule has 4 nitrogen and oxygen atoms in total. The van der Waals surface area contributed by atoms with Gasteiger partial charge in [-0.2, -0.15) is 4.31 Å². The molecular weight excluding hydrogens is 334 g/mol. The van der Waals surface area contributed by atoms with Crippen LogP contribution in [0.25, 0.3) is 0 Å². The van der Waals surface area contributed by atoms with E-state index < -0.39 is 10.0 Å². The number of hydrogen-bond acceptors (Lipinski definition) is 3. The van der Waals surface area contributed by atoms with Gasteiger partial charge in [0.2, 0.25) is 10.0 Å². The van der Waals surface area contributed by atoms with Gasteiger partial charge in [-0.15, -0.1) is 0 Å². The Morgan fingerprint density at radius 1 is 1.09 bits per heavy atom. The van der Waals surface area contributed by atoms with Crippen molar-refractivity contribution in [2.75, 3.05) is 19.7 Å². The van der Waals surface area contributed by atoms with E-state index in [9.17, 15) is 8.42 Å². The van der Waals surface area contributed by atoms with Crippen LogP contribution in [0.5, 0.6) is 0 Å². The Balaban J connectivity index is 1.76. The highest BCUT2D eigenvalue weighted by molar-refractivity contribution is 7.88. The van der Waals surface area contributed by atoms with Crippen molar-refractivity contribution in [2.24, 2.45) is 0 Å². The van der Waals surface area contributed by atoms with Crippen LogP contribution in [0.3, 0.4) is 0 Å². The number of benzene rings is 2. The van der Waals surface area contributed by atoms with Gasteiger partial charge in [-0.1, -0.05) is 60.1 Å². The summed E-state index contributed by atoms with van der Waals surface area (Å²) >= 11 is 6.09. The normalized spacial score (nSPS) is 19.6. The van der Waals surface area contributed by atoms with Gasteiger partial charge < -0.3 is 4.74 Å².